The van der Waals surface area contributed by atoms with Gasteiger partial charge in [0, 0.05) is 18.1 Å². The van der Waals surface area contributed by atoms with Gasteiger partial charge in [-0.25, -0.2) is 4.79 Å². The van der Waals surface area contributed by atoms with Crippen molar-refractivity contribution in [1.29, 1.82) is 5.26 Å². The van der Waals surface area contributed by atoms with Gasteiger partial charge in [-0.1, -0.05) is 11.6 Å². The van der Waals surface area contributed by atoms with Crippen LogP contribution in [0.25, 0.3) is 5.69 Å². The number of nitrogens with zero attached hydrogens (tertiary/aromatic N) is 2. The van der Waals surface area contributed by atoms with Crippen LogP contribution in [-0.4, -0.2) is 22.5 Å². The Hall–Kier alpha value is -3.08. The van der Waals surface area contributed by atoms with Crippen LogP contribution in [-0.2, 0) is 9.53 Å². The quantitative estimate of drug-likeness (QED) is 0.650. The number of aromatic nitrogens is 1. The van der Waals surface area contributed by atoms with E-state index in [1.54, 1.807) is 16.0 Å². The molecule has 0 spiro atoms. The fourth-order valence-corrected chi connectivity index (χ4v) is 3.34. The van der Waals surface area contributed by atoms with E-state index in [1.165, 1.54) is 30.4 Å². The Bertz CT molecular complexity index is 1020. The number of thiophene rings is 1. The zero-order valence-corrected chi connectivity index (χ0v) is 15.8. The Morgan fingerprint density at radius 2 is 2.04 bits per heavy atom. The van der Waals surface area contributed by atoms with Crippen LogP contribution in [0.5, 0.6) is 0 Å². The summed E-state index contributed by atoms with van der Waals surface area (Å²) in [5.74, 6) is -1.07. The maximum absolute atomic E-state index is 12.5. The minimum absolute atomic E-state index is 0.231. The molecule has 1 aromatic carbocycles. The van der Waals surface area contributed by atoms with Crippen molar-refractivity contribution >= 4 is 40.5 Å². The molecule has 0 saturated heterocycles. The molecule has 1 atom stereocenters. The third kappa shape index (κ3) is 4.19. The minimum Gasteiger partial charge on any atom is -0.448 e. The van der Waals surface area contributed by atoms with E-state index in [0.717, 1.165) is 0 Å². The molecule has 0 aliphatic heterocycles. The van der Waals surface area contributed by atoms with Crippen LogP contribution in [0.2, 0.25) is 5.02 Å². The van der Waals surface area contributed by atoms with Crippen molar-refractivity contribution in [2.24, 2.45) is 0 Å². The Morgan fingerprint density at radius 3 is 2.70 bits per heavy atom. The van der Waals surface area contributed by atoms with E-state index in [-0.39, 0.29) is 5.02 Å². The van der Waals surface area contributed by atoms with Crippen LogP contribution in [0.4, 0.5) is 5.69 Å². The number of carbonyl (C=O) groups excluding carboxylic acids is 2. The fourth-order valence-electron chi connectivity index (χ4n) is 2.35. The van der Waals surface area contributed by atoms with Crippen molar-refractivity contribution in [2.45, 2.75) is 13.0 Å². The number of carbonyl (C=O) groups is 2. The van der Waals surface area contributed by atoms with E-state index in [0.29, 0.717) is 21.8 Å². The molecule has 136 valence electrons. The Kier molecular flexibility index (Phi) is 5.60. The molecule has 3 rings (SSSR count). The molecule has 0 saturated carbocycles. The molecule has 1 unspecified atom stereocenters. The second kappa shape index (κ2) is 8.08. The van der Waals surface area contributed by atoms with Gasteiger partial charge in [0.15, 0.2) is 6.10 Å². The number of rotatable bonds is 5. The number of anilines is 1. The van der Waals surface area contributed by atoms with Crippen LogP contribution in [0.15, 0.2) is 54.2 Å². The van der Waals surface area contributed by atoms with E-state index in [4.69, 9.17) is 21.6 Å². The molecule has 27 heavy (non-hydrogen) atoms. The molecule has 0 bridgehead atoms. The van der Waals surface area contributed by atoms with Gasteiger partial charge in [-0.15, -0.1) is 11.3 Å². The first-order valence-corrected chi connectivity index (χ1v) is 9.17. The van der Waals surface area contributed by atoms with Gasteiger partial charge in [0.1, 0.15) is 10.9 Å². The van der Waals surface area contributed by atoms with Gasteiger partial charge < -0.3 is 14.6 Å². The van der Waals surface area contributed by atoms with E-state index in [9.17, 15) is 9.59 Å². The van der Waals surface area contributed by atoms with Gasteiger partial charge in [-0.05, 0) is 48.7 Å². The van der Waals surface area contributed by atoms with Crippen molar-refractivity contribution in [3.8, 4) is 11.8 Å². The molecule has 0 radical (unpaired) electrons. The first-order chi connectivity index (χ1) is 13.0. The largest absolute Gasteiger partial charge is 0.448 e. The number of hydrogen-bond acceptors (Lipinski definition) is 5. The zero-order chi connectivity index (χ0) is 19.4. The van der Waals surface area contributed by atoms with Crippen LogP contribution in [0.3, 0.4) is 0 Å². The van der Waals surface area contributed by atoms with Crippen molar-refractivity contribution in [3.63, 3.8) is 0 Å². The second-order valence-electron chi connectivity index (χ2n) is 5.57. The fraction of sp³-hybridized carbons (Fsp3) is 0.105. The number of benzene rings is 1. The summed E-state index contributed by atoms with van der Waals surface area (Å²) in [4.78, 5) is 25.2. The van der Waals surface area contributed by atoms with Crippen LogP contribution < -0.4 is 5.32 Å². The molecule has 1 N–H and O–H groups in total. The van der Waals surface area contributed by atoms with Crippen molar-refractivity contribution < 1.29 is 14.3 Å². The number of nitrogens with one attached hydrogen (secondary N) is 1. The monoisotopic (exact) mass is 399 g/mol. The summed E-state index contributed by atoms with van der Waals surface area (Å²) in [6, 6.07) is 12.0. The summed E-state index contributed by atoms with van der Waals surface area (Å²) in [7, 11) is 0. The smallest absolute Gasteiger partial charge is 0.351 e. The predicted octanol–water partition coefficient (Wildman–Crippen LogP) is 4.25. The zero-order valence-electron chi connectivity index (χ0n) is 14.2. The van der Waals surface area contributed by atoms with E-state index >= 15 is 0 Å². The lowest BCUT2D eigenvalue weighted by Gasteiger charge is -2.14. The van der Waals surface area contributed by atoms with Gasteiger partial charge in [-0.2, -0.15) is 5.26 Å². The highest BCUT2D eigenvalue weighted by atomic mass is 35.5. The summed E-state index contributed by atoms with van der Waals surface area (Å²) in [6.07, 6.45) is 2.64. The van der Waals surface area contributed by atoms with E-state index < -0.39 is 18.0 Å². The Labute approximate surface area is 164 Å². The Balaban J connectivity index is 1.67. The molecule has 1 amide bonds. The highest BCUT2D eigenvalue weighted by molar-refractivity contribution is 7.12. The van der Waals surface area contributed by atoms with Crippen molar-refractivity contribution in [2.75, 3.05) is 5.32 Å². The summed E-state index contributed by atoms with van der Waals surface area (Å²) < 4.78 is 7.11. The normalized spacial score (nSPS) is 11.4. The maximum atomic E-state index is 12.5. The lowest BCUT2D eigenvalue weighted by Crippen LogP contribution is -2.30. The number of esters is 1. The Morgan fingerprint density at radius 1 is 1.30 bits per heavy atom. The summed E-state index contributed by atoms with van der Waals surface area (Å²) >= 11 is 7.20. The molecule has 8 heteroatoms. The molecule has 2 heterocycles. The van der Waals surface area contributed by atoms with Crippen molar-refractivity contribution in [3.05, 3.63) is 69.6 Å². The van der Waals surface area contributed by atoms with Crippen LogP contribution in [0, 0.1) is 11.3 Å². The molecule has 6 nitrogen and oxygen atoms in total. The molecular weight excluding hydrogens is 386 g/mol. The first kappa shape index (κ1) is 18.7. The standard InChI is InChI=1S/C19H14ClN3O3S/c1-12(18(24)22-14-5-4-13(11-21)15(20)10-14)26-19(25)17-16(6-9-27-17)23-7-2-3-8-23/h2-10,12H,1H3,(H,22,24). The molecule has 2 aromatic heterocycles. The summed E-state index contributed by atoms with van der Waals surface area (Å²) in [5.41, 5.74) is 1.42. The lowest BCUT2D eigenvalue weighted by atomic mass is 10.2. The molecular formula is C19H14ClN3O3S. The highest BCUT2D eigenvalue weighted by Gasteiger charge is 2.22. The SMILES string of the molecule is CC(OC(=O)c1sccc1-n1cccc1)C(=O)Nc1ccc(C#N)c(Cl)c1. The van der Waals surface area contributed by atoms with Gasteiger partial charge in [0.05, 0.1) is 16.3 Å². The van der Waals surface area contributed by atoms with Gasteiger partial charge in [-0.3, -0.25) is 4.79 Å². The predicted molar refractivity (Wildman–Crippen MR) is 103 cm³/mol. The van der Waals surface area contributed by atoms with Crippen LogP contribution >= 0.6 is 22.9 Å². The molecule has 3 aromatic rings. The van der Waals surface area contributed by atoms with Crippen molar-refractivity contribution in [1.82, 2.24) is 4.57 Å². The molecule has 0 aliphatic rings. The number of ether oxygens (including phenoxy) is 1. The van der Waals surface area contributed by atoms with Gasteiger partial charge >= 0.3 is 5.97 Å². The average molecular weight is 400 g/mol. The number of amides is 1. The summed E-state index contributed by atoms with van der Waals surface area (Å²) in [6.45, 7) is 1.49. The van der Waals surface area contributed by atoms with E-state index in [2.05, 4.69) is 5.32 Å². The third-order valence-corrected chi connectivity index (χ3v) is 4.92. The first-order valence-electron chi connectivity index (χ1n) is 7.92. The maximum Gasteiger partial charge on any atom is 0.351 e. The highest BCUT2D eigenvalue weighted by Crippen LogP contribution is 2.23. The second-order valence-corrected chi connectivity index (χ2v) is 6.89. The number of nitriles is 1. The van der Waals surface area contributed by atoms with Gasteiger partial charge in [0.2, 0.25) is 0 Å². The molecule has 0 fully saturated rings. The number of halogens is 1. The topological polar surface area (TPSA) is 84.1 Å². The number of hydrogen-bond donors (Lipinski definition) is 1. The van der Waals surface area contributed by atoms with E-state index in [1.807, 2.05) is 36.7 Å². The van der Waals surface area contributed by atoms with Crippen LogP contribution in [0.1, 0.15) is 22.2 Å². The van der Waals surface area contributed by atoms with Gasteiger partial charge in [0.25, 0.3) is 5.91 Å². The minimum atomic E-state index is -1.01. The third-order valence-electron chi connectivity index (χ3n) is 3.72. The molecule has 0 aliphatic carbocycles. The summed E-state index contributed by atoms with van der Waals surface area (Å²) in [5, 5.41) is 13.5. The lowest BCUT2D eigenvalue weighted by molar-refractivity contribution is -0.123. The average Bonchev–Trinajstić information content (AvgIpc) is 3.33.